The molecule has 0 saturated carbocycles. The van der Waals surface area contributed by atoms with Crippen molar-refractivity contribution >= 4 is 29.2 Å². The second-order valence-electron chi connectivity index (χ2n) is 3.04. The summed E-state index contributed by atoms with van der Waals surface area (Å²) in [6, 6.07) is 7.74. The minimum Gasteiger partial charge on any atom is -0.397 e. The Morgan fingerprint density at radius 1 is 1.36 bits per heavy atom. The van der Waals surface area contributed by atoms with Crippen molar-refractivity contribution in [1.29, 1.82) is 0 Å². The van der Waals surface area contributed by atoms with E-state index in [0.717, 1.165) is 21.0 Å². The summed E-state index contributed by atoms with van der Waals surface area (Å²) in [5.74, 6) is 0. The second kappa shape index (κ2) is 3.55. The van der Waals surface area contributed by atoms with Crippen LogP contribution in [0.2, 0.25) is 0 Å². The van der Waals surface area contributed by atoms with Crippen LogP contribution in [0.3, 0.4) is 0 Å². The zero-order valence-electron chi connectivity index (χ0n) is 7.73. The van der Waals surface area contributed by atoms with Gasteiger partial charge in [-0.1, -0.05) is 12.1 Å². The molecule has 2 N–H and O–H groups in total. The first-order chi connectivity index (χ1) is 6.70. The number of rotatable bonds is 1. The zero-order chi connectivity index (χ0) is 10.1. The Morgan fingerprint density at radius 2 is 2.07 bits per heavy atom. The highest BCUT2D eigenvalue weighted by Gasteiger charge is 2.04. The molecule has 1 heterocycles. The van der Waals surface area contributed by atoms with E-state index >= 15 is 0 Å². The number of hydrogen-bond donors (Lipinski definition) is 1. The monoisotopic (exact) mass is 222 g/mol. The average Bonchev–Trinajstić information content (AvgIpc) is 2.48. The van der Waals surface area contributed by atoms with Crippen molar-refractivity contribution in [3.63, 3.8) is 0 Å². The number of benzene rings is 1. The Bertz CT molecular complexity index is 511. The number of nitrogens with two attached hydrogens (primary N) is 1. The van der Waals surface area contributed by atoms with Crippen LogP contribution in [0, 0.1) is 10.9 Å². The molecule has 0 radical (unpaired) electrons. The van der Waals surface area contributed by atoms with Crippen LogP contribution < -0.4 is 5.73 Å². The van der Waals surface area contributed by atoms with Crippen LogP contribution in [0.1, 0.15) is 5.69 Å². The molecule has 1 aromatic heterocycles. The van der Waals surface area contributed by atoms with Crippen molar-refractivity contribution in [3.05, 3.63) is 39.3 Å². The third-order valence-electron chi connectivity index (χ3n) is 2.04. The summed E-state index contributed by atoms with van der Waals surface area (Å²) in [4.78, 5) is 0. The van der Waals surface area contributed by atoms with Crippen LogP contribution in [-0.2, 0) is 0 Å². The second-order valence-corrected chi connectivity index (χ2v) is 4.54. The van der Waals surface area contributed by atoms with Crippen LogP contribution in [-0.4, -0.2) is 4.57 Å². The molecule has 14 heavy (non-hydrogen) atoms. The van der Waals surface area contributed by atoms with Crippen LogP contribution >= 0.6 is 23.6 Å². The first kappa shape index (κ1) is 9.43. The fraction of sp³-hybridized carbons (Fsp3) is 0.100. The molecule has 0 aliphatic carbocycles. The van der Waals surface area contributed by atoms with Crippen LogP contribution in [0.5, 0.6) is 0 Å². The number of para-hydroxylation sites is 2. The van der Waals surface area contributed by atoms with Gasteiger partial charge in [0.05, 0.1) is 11.4 Å². The van der Waals surface area contributed by atoms with Crippen LogP contribution in [0.15, 0.2) is 29.6 Å². The van der Waals surface area contributed by atoms with Crippen molar-refractivity contribution < 1.29 is 0 Å². The van der Waals surface area contributed by atoms with Gasteiger partial charge in [0.2, 0.25) is 0 Å². The predicted molar refractivity (Wildman–Crippen MR) is 63.6 cm³/mol. The lowest BCUT2D eigenvalue weighted by atomic mass is 10.2. The molecule has 0 spiro atoms. The molecule has 1 aromatic carbocycles. The largest absolute Gasteiger partial charge is 0.397 e. The maximum absolute atomic E-state index is 5.89. The summed E-state index contributed by atoms with van der Waals surface area (Å²) in [6.07, 6.45) is 0. The van der Waals surface area contributed by atoms with Gasteiger partial charge >= 0.3 is 0 Å². The van der Waals surface area contributed by atoms with Gasteiger partial charge in [-0.15, -0.1) is 11.3 Å². The van der Waals surface area contributed by atoms with Gasteiger partial charge in [0, 0.05) is 11.1 Å². The fourth-order valence-electron chi connectivity index (χ4n) is 1.36. The molecular weight excluding hydrogens is 212 g/mol. The molecule has 0 aliphatic rings. The van der Waals surface area contributed by atoms with E-state index in [1.54, 1.807) is 11.3 Å². The molecule has 72 valence electrons. The van der Waals surface area contributed by atoms with E-state index in [-0.39, 0.29) is 0 Å². The van der Waals surface area contributed by atoms with E-state index in [0.29, 0.717) is 0 Å². The smallest absolute Gasteiger partial charge is 0.165 e. The van der Waals surface area contributed by atoms with Gasteiger partial charge in [0.15, 0.2) is 3.95 Å². The highest BCUT2D eigenvalue weighted by atomic mass is 32.1. The summed E-state index contributed by atoms with van der Waals surface area (Å²) in [7, 11) is 0. The van der Waals surface area contributed by atoms with Crippen molar-refractivity contribution in [2.24, 2.45) is 0 Å². The van der Waals surface area contributed by atoms with Gasteiger partial charge in [0.25, 0.3) is 0 Å². The van der Waals surface area contributed by atoms with Gasteiger partial charge in [-0.25, -0.2) is 0 Å². The van der Waals surface area contributed by atoms with Gasteiger partial charge in [-0.05, 0) is 31.3 Å². The van der Waals surface area contributed by atoms with E-state index in [1.165, 1.54) is 0 Å². The molecule has 2 rings (SSSR count). The Morgan fingerprint density at radius 3 is 2.64 bits per heavy atom. The third-order valence-corrected chi connectivity index (χ3v) is 3.36. The quantitative estimate of drug-likeness (QED) is 0.593. The number of nitrogens with zero attached hydrogens (tertiary/aromatic N) is 1. The normalized spacial score (nSPS) is 10.4. The zero-order valence-corrected chi connectivity index (χ0v) is 9.36. The Labute approximate surface area is 91.6 Å². The maximum Gasteiger partial charge on any atom is 0.165 e. The van der Waals surface area contributed by atoms with Gasteiger partial charge in [-0.2, -0.15) is 0 Å². The van der Waals surface area contributed by atoms with Crippen LogP contribution in [0.4, 0.5) is 5.69 Å². The Balaban J connectivity index is 2.72. The lowest BCUT2D eigenvalue weighted by Gasteiger charge is -2.07. The highest BCUT2D eigenvalue weighted by Crippen LogP contribution is 2.21. The lowest BCUT2D eigenvalue weighted by molar-refractivity contribution is 1.01. The Kier molecular flexibility index (Phi) is 2.39. The average molecular weight is 222 g/mol. The minimum atomic E-state index is 0.755. The molecule has 0 bridgehead atoms. The van der Waals surface area contributed by atoms with Crippen LogP contribution in [0.25, 0.3) is 5.69 Å². The van der Waals surface area contributed by atoms with E-state index in [4.69, 9.17) is 18.0 Å². The van der Waals surface area contributed by atoms with E-state index in [2.05, 4.69) is 0 Å². The molecule has 0 unspecified atom stereocenters. The predicted octanol–water partition coefficient (Wildman–Crippen LogP) is 3.16. The molecule has 0 aliphatic heterocycles. The molecule has 0 amide bonds. The summed E-state index contributed by atoms with van der Waals surface area (Å²) in [5.41, 5.74) is 8.73. The summed E-state index contributed by atoms with van der Waals surface area (Å²) >= 11 is 6.80. The number of thiazole rings is 1. The molecule has 0 fully saturated rings. The van der Waals surface area contributed by atoms with Crippen molar-refractivity contribution in [2.75, 3.05) is 5.73 Å². The molecule has 0 atom stereocenters. The highest BCUT2D eigenvalue weighted by molar-refractivity contribution is 7.73. The van der Waals surface area contributed by atoms with E-state index in [9.17, 15) is 0 Å². The lowest BCUT2D eigenvalue weighted by Crippen LogP contribution is -2.00. The SMILES string of the molecule is Cc1csc(=S)n1-c1ccccc1N. The molecule has 0 saturated heterocycles. The van der Waals surface area contributed by atoms with Gasteiger partial charge in [-0.3, -0.25) is 4.57 Å². The van der Waals surface area contributed by atoms with Crippen molar-refractivity contribution in [2.45, 2.75) is 6.92 Å². The first-order valence-electron chi connectivity index (χ1n) is 4.22. The summed E-state index contributed by atoms with van der Waals surface area (Å²) in [6.45, 7) is 2.03. The molecular formula is C10H10N2S2. The number of aryl methyl sites for hydroxylation is 1. The maximum atomic E-state index is 5.89. The third kappa shape index (κ3) is 1.47. The van der Waals surface area contributed by atoms with E-state index < -0.39 is 0 Å². The number of aromatic nitrogens is 1. The topological polar surface area (TPSA) is 30.9 Å². The number of hydrogen-bond acceptors (Lipinski definition) is 3. The van der Waals surface area contributed by atoms with E-state index in [1.807, 2.05) is 41.1 Å². The Hall–Kier alpha value is -1.13. The van der Waals surface area contributed by atoms with Crippen molar-refractivity contribution in [3.8, 4) is 5.69 Å². The fourth-order valence-corrected chi connectivity index (χ4v) is 2.48. The summed E-state index contributed by atoms with van der Waals surface area (Å²) < 4.78 is 2.83. The van der Waals surface area contributed by atoms with Gasteiger partial charge < -0.3 is 5.73 Å². The number of nitrogen functional groups attached to an aromatic ring is 1. The standard InChI is InChI=1S/C10H10N2S2/c1-7-6-14-10(13)12(7)9-5-3-2-4-8(9)11/h2-6H,11H2,1H3. The molecule has 2 nitrogen and oxygen atoms in total. The number of anilines is 1. The van der Waals surface area contributed by atoms with Crippen molar-refractivity contribution in [1.82, 2.24) is 4.57 Å². The molecule has 4 heteroatoms. The minimum absolute atomic E-state index is 0.755. The summed E-state index contributed by atoms with van der Waals surface area (Å²) in [5, 5.41) is 2.04. The first-order valence-corrected chi connectivity index (χ1v) is 5.51. The van der Waals surface area contributed by atoms with Gasteiger partial charge in [0.1, 0.15) is 0 Å². The molecule has 2 aromatic rings.